The first-order valence-electron chi connectivity index (χ1n) is 17.5. The number of phenolic OH excluding ortho intramolecular Hbond substituents is 1. The van der Waals surface area contributed by atoms with Crippen molar-refractivity contribution in [3.05, 3.63) is 77.1 Å². The fraction of sp³-hybridized carbons (Fsp3) is 0.459. The van der Waals surface area contributed by atoms with E-state index in [0.29, 0.717) is 57.9 Å². The van der Waals surface area contributed by atoms with Gasteiger partial charge in [-0.2, -0.15) is 9.97 Å². The largest absolute Gasteiger partial charge is 0.508 e. The predicted octanol–water partition coefficient (Wildman–Crippen LogP) is 4.21. The van der Waals surface area contributed by atoms with Gasteiger partial charge < -0.3 is 20.1 Å². The number of carbonyl (C=O) groups is 1. The number of likely N-dealkylation sites (N-methyl/N-ethyl adjacent to an activating group) is 1. The van der Waals surface area contributed by atoms with Crippen LogP contribution in [0.15, 0.2) is 54.5 Å². The van der Waals surface area contributed by atoms with Gasteiger partial charge in [0, 0.05) is 69.5 Å². The van der Waals surface area contributed by atoms with Crippen LogP contribution >= 0.6 is 0 Å². The van der Waals surface area contributed by atoms with Crippen LogP contribution in [0.25, 0.3) is 21.7 Å². The molecule has 0 saturated carbocycles. The minimum Gasteiger partial charge on any atom is -0.508 e. The van der Waals surface area contributed by atoms with Crippen LogP contribution in [0.5, 0.6) is 11.8 Å². The molecule has 0 bridgehead atoms. The van der Waals surface area contributed by atoms with Gasteiger partial charge in [-0.05, 0) is 78.0 Å². The number of benzene rings is 2. The van der Waals surface area contributed by atoms with Crippen molar-refractivity contribution in [1.82, 2.24) is 40.5 Å². The molecule has 2 aromatic carbocycles. The van der Waals surface area contributed by atoms with Gasteiger partial charge in [-0.1, -0.05) is 13.0 Å². The summed E-state index contributed by atoms with van der Waals surface area (Å²) >= 11 is 0. The number of rotatable bonds is 7. The zero-order chi connectivity index (χ0) is 35.7. The van der Waals surface area contributed by atoms with Gasteiger partial charge in [0.15, 0.2) is 11.8 Å². The molecule has 3 unspecified atom stereocenters. The topological polar surface area (TPSA) is 119 Å². The first kappa shape index (κ1) is 33.6. The Kier molecular flexibility index (Phi) is 8.30. The van der Waals surface area contributed by atoms with Gasteiger partial charge in [0.1, 0.15) is 24.3 Å². The van der Waals surface area contributed by atoms with Crippen LogP contribution in [0.1, 0.15) is 48.9 Å². The zero-order valence-electron chi connectivity index (χ0n) is 28.8. The summed E-state index contributed by atoms with van der Waals surface area (Å²) in [5, 5.41) is 17.0. The number of fused-ring (bicyclic) bond motifs is 4. The normalized spacial score (nSPS) is 27.8. The minimum atomic E-state index is -1.76. The SMILES string of the molecule is CCc1c(F)ccc2cc(O)cc(C3CNCC4=CC(C(=O)N(C)C)(c5nc(OC[C@@]67CCCN6C[C@H](F)C7)nc6ccncc56)NN4C3F)c12. The molecule has 11 nitrogen and oxygen atoms in total. The van der Waals surface area contributed by atoms with Crippen molar-refractivity contribution in [3.8, 4) is 11.8 Å². The molecule has 0 aliphatic carbocycles. The molecule has 8 rings (SSSR count). The quantitative estimate of drug-likeness (QED) is 0.242. The second-order valence-corrected chi connectivity index (χ2v) is 14.4. The summed E-state index contributed by atoms with van der Waals surface area (Å²) in [6, 6.07) is 7.72. The molecule has 2 aromatic heterocycles. The lowest BCUT2D eigenvalue weighted by Crippen LogP contribution is -2.56. The second kappa shape index (κ2) is 12.6. The van der Waals surface area contributed by atoms with Gasteiger partial charge in [0.25, 0.3) is 5.91 Å². The highest BCUT2D eigenvalue weighted by Gasteiger charge is 2.53. The molecule has 4 aliphatic rings. The number of nitrogens with zero attached hydrogens (tertiary/aromatic N) is 6. The molecule has 0 radical (unpaired) electrons. The molecule has 5 atom stereocenters. The van der Waals surface area contributed by atoms with E-state index in [1.54, 1.807) is 50.8 Å². The maximum Gasteiger partial charge on any atom is 0.317 e. The zero-order valence-corrected chi connectivity index (χ0v) is 28.8. The molecule has 3 saturated heterocycles. The lowest BCUT2D eigenvalue weighted by atomic mass is 9.88. The van der Waals surface area contributed by atoms with E-state index in [1.807, 2.05) is 6.92 Å². The number of aromatic hydroxyl groups is 1. The Hall–Kier alpha value is -4.53. The van der Waals surface area contributed by atoms with Gasteiger partial charge in [0.2, 0.25) is 0 Å². The van der Waals surface area contributed by atoms with Gasteiger partial charge >= 0.3 is 6.01 Å². The van der Waals surface area contributed by atoms with E-state index in [0.717, 1.165) is 19.4 Å². The van der Waals surface area contributed by atoms with Crippen LogP contribution < -0.4 is 15.5 Å². The molecule has 14 heteroatoms. The lowest BCUT2D eigenvalue weighted by molar-refractivity contribution is -0.136. The smallest absolute Gasteiger partial charge is 0.317 e. The Morgan fingerprint density at radius 3 is 2.84 bits per heavy atom. The number of halogens is 3. The summed E-state index contributed by atoms with van der Waals surface area (Å²) in [7, 11) is 3.23. The maximum absolute atomic E-state index is 17.3. The van der Waals surface area contributed by atoms with Gasteiger partial charge in [0.05, 0.1) is 16.7 Å². The van der Waals surface area contributed by atoms with Crippen LogP contribution in [0.4, 0.5) is 13.2 Å². The van der Waals surface area contributed by atoms with Crippen LogP contribution in [-0.2, 0) is 16.8 Å². The van der Waals surface area contributed by atoms with Crippen molar-refractivity contribution in [2.75, 3.05) is 46.9 Å². The van der Waals surface area contributed by atoms with Gasteiger partial charge in [-0.15, -0.1) is 0 Å². The number of aryl methyl sites for hydroxylation is 1. The van der Waals surface area contributed by atoms with E-state index in [9.17, 15) is 14.3 Å². The molecule has 4 aliphatic heterocycles. The number of hydrogen-bond acceptors (Lipinski definition) is 10. The Morgan fingerprint density at radius 1 is 1.20 bits per heavy atom. The molecule has 3 fully saturated rings. The monoisotopic (exact) mass is 702 g/mol. The predicted molar refractivity (Wildman–Crippen MR) is 185 cm³/mol. The third kappa shape index (κ3) is 5.46. The number of hydrogen-bond donors (Lipinski definition) is 3. The van der Waals surface area contributed by atoms with E-state index in [-0.39, 0.29) is 37.2 Å². The molecule has 51 heavy (non-hydrogen) atoms. The van der Waals surface area contributed by atoms with Gasteiger partial charge in [-0.3, -0.25) is 19.7 Å². The fourth-order valence-corrected chi connectivity index (χ4v) is 8.68. The second-order valence-electron chi connectivity index (χ2n) is 14.4. The summed E-state index contributed by atoms with van der Waals surface area (Å²) in [5.41, 5.74) is 3.13. The number of nitrogens with one attached hydrogen (secondary N) is 2. The number of ether oxygens (including phenoxy) is 1. The Labute approximate surface area is 293 Å². The van der Waals surface area contributed by atoms with Crippen molar-refractivity contribution in [1.29, 1.82) is 0 Å². The Morgan fingerprint density at radius 2 is 2.04 bits per heavy atom. The van der Waals surface area contributed by atoms with E-state index in [1.165, 1.54) is 22.0 Å². The van der Waals surface area contributed by atoms with Crippen molar-refractivity contribution in [2.24, 2.45) is 0 Å². The Balaban J connectivity index is 1.21. The maximum atomic E-state index is 17.3. The average Bonchev–Trinajstić information content (AvgIpc) is 3.75. The van der Waals surface area contributed by atoms with Crippen molar-refractivity contribution in [3.63, 3.8) is 0 Å². The highest BCUT2D eigenvalue weighted by atomic mass is 19.1. The third-order valence-corrected chi connectivity index (χ3v) is 11.0. The molecule has 1 amide bonds. The van der Waals surface area contributed by atoms with E-state index in [2.05, 4.69) is 25.6 Å². The van der Waals surface area contributed by atoms with Crippen LogP contribution in [0, 0.1) is 5.82 Å². The molecular weight excluding hydrogens is 661 g/mol. The minimum absolute atomic E-state index is 0.0219. The molecule has 4 aromatic rings. The molecule has 6 heterocycles. The summed E-state index contributed by atoms with van der Waals surface area (Å²) < 4.78 is 53.2. The van der Waals surface area contributed by atoms with Crippen LogP contribution in [0.2, 0.25) is 0 Å². The highest BCUT2D eigenvalue weighted by molar-refractivity contribution is 5.95. The van der Waals surface area contributed by atoms with Gasteiger partial charge in [-0.25, -0.2) is 18.6 Å². The third-order valence-electron chi connectivity index (χ3n) is 11.0. The Bertz CT molecular complexity index is 2060. The molecule has 0 spiro atoms. The van der Waals surface area contributed by atoms with Crippen molar-refractivity contribution >= 4 is 27.6 Å². The number of amides is 1. The van der Waals surface area contributed by atoms with E-state index >= 15 is 8.78 Å². The number of pyridine rings is 1. The summed E-state index contributed by atoms with van der Waals surface area (Å²) in [5.74, 6) is -1.75. The summed E-state index contributed by atoms with van der Waals surface area (Å²) in [6.07, 6.45) is 4.64. The highest BCUT2D eigenvalue weighted by Crippen LogP contribution is 2.44. The first-order chi connectivity index (χ1) is 24.5. The van der Waals surface area contributed by atoms with E-state index < -0.39 is 41.2 Å². The van der Waals surface area contributed by atoms with Crippen molar-refractivity contribution in [2.45, 2.75) is 62.1 Å². The first-order valence-corrected chi connectivity index (χ1v) is 17.5. The fourth-order valence-electron chi connectivity index (χ4n) is 8.68. The standard InChI is InChI=1S/C37H41F3N8O3/c1-4-25-29(39)7-6-21-12-24(49)13-26(31(21)25)27-17-42-16-23-15-37(34(50)46(2)3,45-48(23)33(27)40)32-28-18-41-10-8-30(28)43-35(44-32)51-20-36-9-5-11-47(36)19-22(38)14-36/h6-8,10,12-13,15,18,22,27,33,42,45,49H,4-5,9,11,14,16-17,19-20H2,1-3H3/t22-,27?,33?,36+,37?/m1/s1. The molecular formula is C37H41F3N8O3. The number of alkyl halides is 2. The van der Waals surface area contributed by atoms with Crippen molar-refractivity contribution < 1.29 is 27.8 Å². The molecule has 3 N–H and O–H groups in total. The summed E-state index contributed by atoms with van der Waals surface area (Å²) in [4.78, 5) is 31.8. The average molecular weight is 703 g/mol. The van der Waals surface area contributed by atoms with Crippen LogP contribution in [0.3, 0.4) is 0 Å². The molecule has 268 valence electrons. The van der Waals surface area contributed by atoms with E-state index in [4.69, 9.17) is 9.72 Å². The van der Waals surface area contributed by atoms with Crippen LogP contribution in [-0.4, -0.2) is 106 Å². The summed E-state index contributed by atoms with van der Waals surface area (Å²) in [6.45, 7) is 3.59. The number of carbonyl (C=O) groups excluding carboxylic acids is 1. The number of aromatic nitrogens is 3. The number of hydrazine groups is 1. The lowest BCUT2D eigenvalue weighted by Gasteiger charge is -2.36. The number of phenols is 1.